The molecule has 0 unspecified atom stereocenters. The van der Waals surface area contributed by atoms with Crippen molar-refractivity contribution in [1.29, 1.82) is 0 Å². The summed E-state index contributed by atoms with van der Waals surface area (Å²) in [5.41, 5.74) is 1.39. The van der Waals surface area contributed by atoms with Gasteiger partial charge in [0.05, 0.1) is 0 Å². The number of nitrogens with one attached hydrogen (secondary N) is 2. The van der Waals surface area contributed by atoms with Gasteiger partial charge in [-0.25, -0.2) is 4.79 Å². The van der Waals surface area contributed by atoms with Crippen LogP contribution in [0, 0.1) is 5.92 Å². The third-order valence-electron chi connectivity index (χ3n) is 5.71. The molecule has 0 radical (unpaired) electrons. The Kier molecular flexibility index (Phi) is 7.71. The SMILES string of the molecule is C[C@H]1CCCN(CCCCNC(=O)Nc2ccc(C(=O)N3CCCC3)cc2)C1. The van der Waals surface area contributed by atoms with Crippen molar-refractivity contribution >= 4 is 17.6 Å². The summed E-state index contributed by atoms with van der Waals surface area (Å²) >= 11 is 0. The fourth-order valence-corrected chi connectivity index (χ4v) is 4.13. The summed E-state index contributed by atoms with van der Waals surface area (Å²) in [5, 5.41) is 5.75. The predicted octanol–water partition coefficient (Wildman–Crippen LogP) is 3.56. The van der Waals surface area contributed by atoms with Crippen LogP contribution in [0.1, 0.15) is 55.8 Å². The van der Waals surface area contributed by atoms with Crippen molar-refractivity contribution in [1.82, 2.24) is 15.1 Å². The Morgan fingerprint density at radius 1 is 1.04 bits per heavy atom. The van der Waals surface area contributed by atoms with E-state index in [1.54, 1.807) is 24.3 Å². The number of hydrogen-bond acceptors (Lipinski definition) is 3. The maximum atomic E-state index is 12.3. The van der Waals surface area contributed by atoms with Gasteiger partial charge < -0.3 is 20.4 Å². The molecule has 0 aromatic heterocycles. The van der Waals surface area contributed by atoms with E-state index in [0.717, 1.165) is 51.2 Å². The Morgan fingerprint density at radius 3 is 2.50 bits per heavy atom. The van der Waals surface area contributed by atoms with E-state index in [0.29, 0.717) is 17.8 Å². The van der Waals surface area contributed by atoms with Crippen molar-refractivity contribution in [2.75, 3.05) is 44.6 Å². The number of rotatable bonds is 7. The van der Waals surface area contributed by atoms with Gasteiger partial charge in [-0.1, -0.05) is 6.92 Å². The second-order valence-electron chi connectivity index (χ2n) is 8.21. The zero-order chi connectivity index (χ0) is 19.8. The number of carbonyl (C=O) groups excluding carboxylic acids is 2. The second kappa shape index (κ2) is 10.5. The van der Waals surface area contributed by atoms with Crippen LogP contribution in [0.3, 0.4) is 0 Å². The molecule has 6 nitrogen and oxygen atoms in total. The summed E-state index contributed by atoms with van der Waals surface area (Å²) in [6, 6.07) is 6.97. The number of piperidine rings is 1. The molecule has 2 N–H and O–H groups in total. The first-order valence-electron chi connectivity index (χ1n) is 10.8. The fraction of sp³-hybridized carbons (Fsp3) is 0.636. The Labute approximate surface area is 168 Å². The fourth-order valence-electron chi connectivity index (χ4n) is 4.13. The lowest BCUT2D eigenvalue weighted by atomic mass is 10.0. The van der Waals surface area contributed by atoms with Gasteiger partial charge in [0.15, 0.2) is 0 Å². The average molecular weight is 387 g/mol. The van der Waals surface area contributed by atoms with Crippen molar-refractivity contribution < 1.29 is 9.59 Å². The highest BCUT2D eigenvalue weighted by Crippen LogP contribution is 2.16. The third kappa shape index (κ3) is 6.23. The van der Waals surface area contributed by atoms with Crippen LogP contribution in [0.4, 0.5) is 10.5 Å². The first-order chi connectivity index (χ1) is 13.6. The van der Waals surface area contributed by atoms with E-state index in [-0.39, 0.29) is 11.9 Å². The van der Waals surface area contributed by atoms with Crippen LogP contribution in [-0.4, -0.2) is 61.0 Å². The maximum Gasteiger partial charge on any atom is 0.319 e. The van der Waals surface area contributed by atoms with Crippen molar-refractivity contribution in [2.24, 2.45) is 5.92 Å². The third-order valence-corrected chi connectivity index (χ3v) is 5.71. The van der Waals surface area contributed by atoms with E-state index in [1.807, 2.05) is 4.90 Å². The number of anilines is 1. The monoisotopic (exact) mass is 386 g/mol. The van der Waals surface area contributed by atoms with E-state index in [9.17, 15) is 9.59 Å². The van der Waals surface area contributed by atoms with Gasteiger partial charge in [-0.3, -0.25) is 4.79 Å². The minimum absolute atomic E-state index is 0.0802. The van der Waals surface area contributed by atoms with Crippen LogP contribution < -0.4 is 10.6 Å². The number of benzene rings is 1. The van der Waals surface area contributed by atoms with E-state index in [4.69, 9.17) is 0 Å². The Bertz CT molecular complexity index is 640. The molecule has 0 aliphatic carbocycles. The Morgan fingerprint density at radius 2 is 1.79 bits per heavy atom. The lowest BCUT2D eigenvalue weighted by Crippen LogP contribution is -2.35. The van der Waals surface area contributed by atoms with Gasteiger partial charge in [-0.05, 0) is 81.8 Å². The van der Waals surface area contributed by atoms with Gasteiger partial charge in [0.1, 0.15) is 0 Å². The van der Waals surface area contributed by atoms with Gasteiger partial charge >= 0.3 is 6.03 Å². The summed E-state index contributed by atoms with van der Waals surface area (Å²) in [5.74, 6) is 0.895. The largest absolute Gasteiger partial charge is 0.339 e. The van der Waals surface area contributed by atoms with E-state index in [2.05, 4.69) is 22.5 Å². The molecule has 2 aliphatic heterocycles. The van der Waals surface area contributed by atoms with Crippen LogP contribution >= 0.6 is 0 Å². The van der Waals surface area contributed by atoms with Crippen molar-refractivity contribution in [2.45, 2.75) is 45.4 Å². The van der Waals surface area contributed by atoms with Gasteiger partial charge in [0.2, 0.25) is 0 Å². The minimum atomic E-state index is -0.190. The summed E-state index contributed by atoms with van der Waals surface area (Å²) in [6.07, 6.45) is 6.93. The molecule has 1 atom stereocenters. The molecule has 1 aromatic carbocycles. The first-order valence-corrected chi connectivity index (χ1v) is 10.8. The highest BCUT2D eigenvalue weighted by Gasteiger charge is 2.19. The first kappa shape index (κ1) is 20.6. The zero-order valence-corrected chi connectivity index (χ0v) is 17.1. The quantitative estimate of drug-likeness (QED) is 0.704. The number of hydrogen-bond donors (Lipinski definition) is 2. The molecule has 0 bridgehead atoms. The summed E-state index contributed by atoms with van der Waals surface area (Å²) in [6.45, 7) is 8.25. The smallest absolute Gasteiger partial charge is 0.319 e. The number of nitrogens with zero attached hydrogens (tertiary/aromatic N) is 2. The van der Waals surface area contributed by atoms with Gasteiger partial charge in [0.25, 0.3) is 5.91 Å². The highest BCUT2D eigenvalue weighted by atomic mass is 16.2. The molecule has 2 saturated heterocycles. The molecule has 154 valence electrons. The van der Waals surface area contributed by atoms with Gasteiger partial charge in [-0.15, -0.1) is 0 Å². The van der Waals surface area contributed by atoms with E-state index in [1.165, 1.54) is 25.9 Å². The van der Waals surface area contributed by atoms with Crippen molar-refractivity contribution in [3.8, 4) is 0 Å². The van der Waals surface area contributed by atoms with Crippen LogP contribution in [0.2, 0.25) is 0 Å². The minimum Gasteiger partial charge on any atom is -0.339 e. The summed E-state index contributed by atoms with van der Waals surface area (Å²) < 4.78 is 0. The summed E-state index contributed by atoms with van der Waals surface area (Å²) in [7, 11) is 0. The van der Waals surface area contributed by atoms with Crippen LogP contribution in [0.25, 0.3) is 0 Å². The molecular weight excluding hydrogens is 352 g/mol. The van der Waals surface area contributed by atoms with Crippen molar-refractivity contribution in [3.05, 3.63) is 29.8 Å². The average Bonchev–Trinajstić information content (AvgIpc) is 3.23. The molecule has 0 saturated carbocycles. The highest BCUT2D eigenvalue weighted by molar-refractivity contribution is 5.95. The molecule has 3 amide bonds. The Hall–Kier alpha value is -2.08. The van der Waals surface area contributed by atoms with E-state index >= 15 is 0 Å². The molecule has 2 aliphatic rings. The van der Waals surface area contributed by atoms with Crippen molar-refractivity contribution in [3.63, 3.8) is 0 Å². The number of likely N-dealkylation sites (tertiary alicyclic amines) is 2. The van der Waals surface area contributed by atoms with Gasteiger partial charge in [0, 0.05) is 37.4 Å². The molecule has 0 spiro atoms. The molecule has 2 heterocycles. The second-order valence-corrected chi connectivity index (χ2v) is 8.21. The maximum absolute atomic E-state index is 12.3. The topological polar surface area (TPSA) is 64.7 Å². The van der Waals surface area contributed by atoms with Crippen LogP contribution in [0.15, 0.2) is 24.3 Å². The molecule has 3 rings (SSSR count). The normalized spacial score (nSPS) is 20.2. The molecule has 2 fully saturated rings. The molecule has 28 heavy (non-hydrogen) atoms. The predicted molar refractivity (Wildman–Crippen MR) is 113 cm³/mol. The number of unbranched alkanes of at least 4 members (excludes halogenated alkanes) is 1. The van der Waals surface area contributed by atoms with Gasteiger partial charge in [-0.2, -0.15) is 0 Å². The Balaban J connectivity index is 1.31. The lowest BCUT2D eigenvalue weighted by molar-refractivity contribution is 0.0793. The van der Waals surface area contributed by atoms with Crippen LogP contribution in [0.5, 0.6) is 0 Å². The van der Waals surface area contributed by atoms with Crippen LogP contribution in [-0.2, 0) is 0 Å². The molecular formula is C22H34N4O2. The molecule has 1 aromatic rings. The van der Waals surface area contributed by atoms with E-state index < -0.39 is 0 Å². The standard InChI is InChI=1S/C22H34N4O2/c1-18-7-6-14-25(17-18)13-3-2-12-23-22(28)24-20-10-8-19(9-11-20)21(27)26-15-4-5-16-26/h8-11,18H,2-7,12-17H2,1H3,(H2,23,24,28)/t18-/m0/s1. The lowest BCUT2D eigenvalue weighted by Gasteiger charge is -2.30. The molecule has 6 heteroatoms. The summed E-state index contributed by atoms with van der Waals surface area (Å²) in [4.78, 5) is 28.8. The number of carbonyl (C=O) groups is 2. The number of urea groups is 1. The number of amides is 3. The zero-order valence-electron chi connectivity index (χ0n) is 17.1.